The van der Waals surface area contributed by atoms with Crippen molar-refractivity contribution >= 4 is 19.8 Å². The molecule has 37 heavy (non-hydrogen) atoms. The zero-order chi connectivity index (χ0) is 27.5. The summed E-state index contributed by atoms with van der Waals surface area (Å²) in [6.07, 6.45) is 6.02. The molecule has 2 N–H and O–H groups in total. The zero-order valence-electron chi connectivity index (χ0n) is 23.0. The van der Waals surface area contributed by atoms with Crippen LogP contribution in [0, 0.1) is 0 Å². The van der Waals surface area contributed by atoms with Gasteiger partial charge in [-0.25, -0.2) is 4.57 Å². The van der Waals surface area contributed by atoms with Gasteiger partial charge >= 0.3 is 19.8 Å². The zero-order valence-corrected chi connectivity index (χ0v) is 23.9. The Morgan fingerprint density at radius 2 is 1.41 bits per heavy atom. The predicted molar refractivity (Wildman–Crippen MR) is 138 cm³/mol. The third-order valence-electron chi connectivity index (χ3n) is 6.01. The van der Waals surface area contributed by atoms with Crippen molar-refractivity contribution in [1.82, 2.24) is 5.32 Å². The standard InChI is InChI=1S/C25H48NO10P/c1-5-7-9-11-13-15-21(27)35-23-20(19-33-37(29,30)32-18-17-26-3)34-25(31-4)24(23)36-22(28)16-14-12-10-8-6-2/h20,23-26H,5-19H2,1-4H3,(H,29,30)/t20?,23-,24-,25?/m1/s1. The molecule has 11 nitrogen and oxygen atoms in total. The normalized spacial score (nSPS) is 23.1. The monoisotopic (exact) mass is 553 g/mol. The second-order valence-corrected chi connectivity index (χ2v) is 10.7. The molecule has 0 saturated carbocycles. The van der Waals surface area contributed by atoms with Gasteiger partial charge < -0.3 is 29.2 Å². The van der Waals surface area contributed by atoms with Gasteiger partial charge in [0, 0.05) is 26.5 Å². The first-order valence-corrected chi connectivity index (χ1v) is 15.1. The van der Waals surface area contributed by atoms with Gasteiger partial charge in [0.05, 0.1) is 13.2 Å². The van der Waals surface area contributed by atoms with Crippen molar-refractivity contribution in [1.29, 1.82) is 0 Å². The molecule has 1 heterocycles. The molecule has 0 amide bonds. The number of methoxy groups -OCH3 is 1. The number of hydrogen-bond acceptors (Lipinski definition) is 10. The average Bonchev–Trinajstić information content (AvgIpc) is 3.18. The van der Waals surface area contributed by atoms with Gasteiger partial charge in [-0.05, 0) is 19.9 Å². The summed E-state index contributed by atoms with van der Waals surface area (Å²) in [5, 5.41) is 2.80. The number of ether oxygens (including phenoxy) is 4. The van der Waals surface area contributed by atoms with Crippen molar-refractivity contribution in [2.75, 3.05) is 33.9 Å². The summed E-state index contributed by atoms with van der Waals surface area (Å²) >= 11 is 0. The Morgan fingerprint density at radius 3 is 1.92 bits per heavy atom. The van der Waals surface area contributed by atoms with Crippen molar-refractivity contribution in [3.8, 4) is 0 Å². The lowest BCUT2D eigenvalue weighted by molar-refractivity contribution is -0.183. The van der Waals surface area contributed by atoms with E-state index >= 15 is 0 Å². The molecule has 0 aromatic heterocycles. The molecule has 0 spiro atoms. The minimum atomic E-state index is -4.37. The molecular formula is C25H48NO10P. The second kappa shape index (κ2) is 19.9. The van der Waals surface area contributed by atoms with Crippen LogP contribution in [0.2, 0.25) is 0 Å². The Balaban J connectivity index is 2.81. The number of unbranched alkanes of at least 4 members (excludes halogenated alkanes) is 8. The summed E-state index contributed by atoms with van der Waals surface area (Å²) in [5.41, 5.74) is 0. The maximum Gasteiger partial charge on any atom is 0.472 e. The molecule has 0 aromatic carbocycles. The van der Waals surface area contributed by atoms with Gasteiger partial charge in [-0.2, -0.15) is 0 Å². The van der Waals surface area contributed by atoms with Gasteiger partial charge in [0.2, 0.25) is 0 Å². The van der Waals surface area contributed by atoms with Crippen LogP contribution >= 0.6 is 7.82 Å². The van der Waals surface area contributed by atoms with Gasteiger partial charge in [0.25, 0.3) is 0 Å². The Morgan fingerprint density at radius 1 is 0.865 bits per heavy atom. The molecule has 3 unspecified atom stereocenters. The van der Waals surface area contributed by atoms with Gasteiger partial charge in [0.15, 0.2) is 18.5 Å². The molecule has 1 aliphatic rings. The van der Waals surface area contributed by atoms with Gasteiger partial charge in [0.1, 0.15) is 6.10 Å². The predicted octanol–water partition coefficient (Wildman–Crippen LogP) is 4.26. The molecule has 1 aliphatic heterocycles. The SMILES string of the molecule is CCCCCCCC(=O)O[C@@H]1C(COP(=O)(O)OCCNC)OC(OC)[C@@H]1OC(=O)CCCCCCC. The van der Waals surface area contributed by atoms with Crippen LogP contribution in [0.25, 0.3) is 0 Å². The Hall–Kier alpha value is -1.07. The van der Waals surface area contributed by atoms with Crippen LogP contribution < -0.4 is 5.32 Å². The van der Waals surface area contributed by atoms with E-state index in [1.54, 1.807) is 7.05 Å². The van der Waals surface area contributed by atoms with Crippen LogP contribution in [0.3, 0.4) is 0 Å². The molecule has 0 radical (unpaired) electrons. The number of carbonyl (C=O) groups is 2. The van der Waals surface area contributed by atoms with Crippen LogP contribution in [-0.2, 0) is 42.1 Å². The van der Waals surface area contributed by atoms with Gasteiger partial charge in [-0.3, -0.25) is 18.6 Å². The van der Waals surface area contributed by atoms with E-state index in [1.165, 1.54) is 7.11 Å². The van der Waals surface area contributed by atoms with E-state index in [9.17, 15) is 19.0 Å². The third-order valence-corrected chi connectivity index (χ3v) is 7.00. The average molecular weight is 554 g/mol. The number of carbonyl (C=O) groups excluding carboxylic acids is 2. The Bertz CT molecular complexity index is 680. The third kappa shape index (κ3) is 14.6. The molecule has 1 rings (SSSR count). The summed E-state index contributed by atoms with van der Waals surface area (Å²) in [6.45, 7) is 4.13. The van der Waals surface area contributed by atoms with Gasteiger partial charge in [-0.1, -0.05) is 65.2 Å². The molecular weight excluding hydrogens is 505 g/mol. The van der Waals surface area contributed by atoms with Crippen molar-refractivity contribution in [2.24, 2.45) is 0 Å². The smallest absolute Gasteiger partial charge is 0.455 e. The first kappa shape index (κ1) is 34.0. The fourth-order valence-electron chi connectivity index (χ4n) is 3.92. The highest BCUT2D eigenvalue weighted by atomic mass is 31.2. The van der Waals surface area contributed by atoms with E-state index in [1.807, 2.05) is 0 Å². The van der Waals surface area contributed by atoms with E-state index in [0.29, 0.717) is 19.4 Å². The van der Waals surface area contributed by atoms with Crippen molar-refractivity contribution in [3.05, 3.63) is 0 Å². The number of phosphoric acid groups is 1. The first-order valence-electron chi connectivity index (χ1n) is 13.6. The summed E-state index contributed by atoms with van der Waals surface area (Å²) in [6, 6.07) is 0. The van der Waals surface area contributed by atoms with Crippen molar-refractivity contribution in [3.63, 3.8) is 0 Å². The van der Waals surface area contributed by atoms with Crippen molar-refractivity contribution < 1.29 is 47.0 Å². The van der Waals surface area contributed by atoms with Crippen LogP contribution in [-0.4, -0.2) is 75.3 Å². The fraction of sp³-hybridized carbons (Fsp3) is 0.920. The second-order valence-electron chi connectivity index (χ2n) is 9.22. The number of rotatable bonds is 22. The van der Waals surface area contributed by atoms with Crippen molar-refractivity contribution in [2.45, 2.75) is 115 Å². The topological polar surface area (TPSA) is 139 Å². The Kier molecular flexibility index (Phi) is 18.3. The van der Waals surface area contributed by atoms with Gasteiger partial charge in [-0.15, -0.1) is 0 Å². The highest BCUT2D eigenvalue weighted by Crippen LogP contribution is 2.44. The Labute approximate surface area is 221 Å². The van der Waals surface area contributed by atoms with Crippen LogP contribution in [0.15, 0.2) is 0 Å². The quantitative estimate of drug-likeness (QED) is 0.113. The summed E-state index contributed by atoms with van der Waals surface area (Å²) in [5.74, 6) is -0.914. The molecule has 12 heteroatoms. The van der Waals surface area contributed by atoms with E-state index < -0.39 is 51.0 Å². The van der Waals surface area contributed by atoms with E-state index in [0.717, 1.165) is 51.4 Å². The molecule has 0 bridgehead atoms. The van der Waals surface area contributed by atoms with Crippen LogP contribution in [0.5, 0.6) is 0 Å². The van der Waals surface area contributed by atoms with E-state index in [2.05, 4.69) is 19.2 Å². The minimum Gasteiger partial charge on any atom is -0.455 e. The lowest BCUT2D eigenvalue weighted by atomic mass is 10.1. The summed E-state index contributed by atoms with van der Waals surface area (Å²) in [4.78, 5) is 35.1. The molecule has 1 saturated heterocycles. The minimum absolute atomic E-state index is 0.0363. The number of likely N-dealkylation sites (N-methyl/N-ethyl adjacent to an activating group) is 1. The summed E-state index contributed by atoms with van der Waals surface area (Å²) < 4.78 is 44.6. The molecule has 5 atom stereocenters. The first-order chi connectivity index (χ1) is 17.8. The maximum absolute atomic E-state index is 12.6. The molecule has 0 aromatic rings. The molecule has 1 fully saturated rings. The number of hydrogen-bond donors (Lipinski definition) is 2. The highest BCUT2D eigenvalue weighted by molar-refractivity contribution is 7.47. The van der Waals surface area contributed by atoms with Crippen LogP contribution in [0.4, 0.5) is 0 Å². The molecule has 0 aliphatic carbocycles. The van der Waals surface area contributed by atoms with E-state index in [-0.39, 0.29) is 19.4 Å². The lowest BCUT2D eigenvalue weighted by Crippen LogP contribution is -2.42. The largest absolute Gasteiger partial charge is 0.472 e. The number of nitrogens with one attached hydrogen (secondary N) is 1. The molecule has 218 valence electrons. The summed E-state index contributed by atoms with van der Waals surface area (Å²) in [7, 11) is -1.31. The fourth-order valence-corrected chi connectivity index (χ4v) is 4.65. The number of phosphoric ester groups is 1. The number of esters is 2. The van der Waals surface area contributed by atoms with Crippen LogP contribution in [0.1, 0.15) is 90.9 Å². The maximum atomic E-state index is 12.6. The lowest BCUT2D eigenvalue weighted by Gasteiger charge is -2.24. The highest BCUT2D eigenvalue weighted by Gasteiger charge is 2.50. The van der Waals surface area contributed by atoms with E-state index in [4.69, 9.17) is 28.0 Å².